The first-order valence-corrected chi connectivity index (χ1v) is 7.51. The number of aliphatic hydroxyl groups is 1. The molecule has 2 heteroatoms. The average molecular weight is 261 g/mol. The van der Waals surface area contributed by atoms with E-state index in [1.54, 1.807) is 0 Å². The van der Waals surface area contributed by atoms with E-state index in [2.05, 4.69) is 18.7 Å². The zero-order chi connectivity index (χ0) is 13.9. The Bertz CT molecular complexity index is 382. The lowest BCUT2D eigenvalue weighted by Gasteiger charge is -2.32. The van der Waals surface area contributed by atoms with Gasteiger partial charge in [0.1, 0.15) is 0 Å². The minimum atomic E-state index is -0.749. The highest BCUT2D eigenvalue weighted by atomic mass is 16.3. The molecule has 2 nitrogen and oxygen atoms in total. The molecule has 0 heterocycles. The molecule has 1 unspecified atom stereocenters. The van der Waals surface area contributed by atoms with Crippen LogP contribution in [0, 0.1) is 5.92 Å². The Hall–Kier alpha value is -0.860. The summed E-state index contributed by atoms with van der Waals surface area (Å²) >= 11 is 0. The minimum absolute atomic E-state index is 0.703. The summed E-state index contributed by atoms with van der Waals surface area (Å²) in [6, 6.07) is 10.7. The lowest BCUT2D eigenvalue weighted by atomic mass is 9.95. The van der Waals surface area contributed by atoms with Gasteiger partial charge in [-0.15, -0.1) is 0 Å². The Morgan fingerprint density at radius 3 is 2.42 bits per heavy atom. The van der Waals surface area contributed by atoms with Gasteiger partial charge in [0, 0.05) is 12.6 Å². The zero-order valence-corrected chi connectivity index (χ0v) is 12.5. The quantitative estimate of drug-likeness (QED) is 0.813. The molecule has 1 aromatic carbocycles. The number of nitrogens with zero attached hydrogens (tertiary/aromatic N) is 1. The van der Waals surface area contributed by atoms with Gasteiger partial charge in [0.2, 0.25) is 0 Å². The van der Waals surface area contributed by atoms with Crippen molar-refractivity contribution in [1.29, 1.82) is 0 Å². The van der Waals surface area contributed by atoms with E-state index in [0.717, 1.165) is 24.6 Å². The molecule has 1 aliphatic rings. The van der Waals surface area contributed by atoms with Crippen LogP contribution in [0.5, 0.6) is 0 Å². The molecule has 0 amide bonds. The van der Waals surface area contributed by atoms with Crippen LogP contribution in [0.1, 0.15) is 45.6 Å². The molecule has 1 saturated carbocycles. The second-order valence-corrected chi connectivity index (χ2v) is 6.52. The van der Waals surface area contributed by atoms with E-state index in [0.29, 0.717) is 6.04 Å². The van der Waals surface area contributed by atoms with Crippen LogP contribution in [0.25, 0.3) is 0 Å². The van der Waals surface area contributed by atoms with Crippen LogP contribution in [0.2, 0.25) is 0 Å². The third-order valence-electron chi connectivity index (χ3n) is 3.96. The molecule has 1 N–H and O–H groups in total. The third-order valence-corrected chi connectivity index (χ3v) is 3.96. The number of rotatable bonds is 7. The molecule has 0 saturated heterocycles. The SMILES string of the molecule is CC(C)CCN(CC(C)(O)c1ccccc1)C1CC1. The Balaban J connectivity index is 1.99. The van der Waals surface area contributed by atoms with E-state index in [1.165, 1.54) is 19.3 Å². The van der Waals surface area contributed by atoms with Gasteiger partial charge in [0.25, 0.3) is 0 Å². The van der Waals surface area contributed by atoms with E-state index in [-0.39, 0.29) is 0 Å². The summed E-state index contributed by atoms with van der Waals surface area (Å²) in [5, 5.41) is 10.8. The first-order valence-electron chi connectivity index (χ1n) is 7.51. The highest BCUT2D eigenvalue weighted by Crippen LogP contribution is 2.31. The average Bonchev–Trinajstić information content (AvgIpc) is 3.19. The lowest BCUT2D eigenvalue weighted by Crippen LogP contribution is -2.41. The zero-order valence-electron chi connectivity index (χ0n) is 12.5. The van der Waals surface area contributed by atoms with Crippen LogP contribution in [0.4, 0.5) is 0 Å². The van der Waals surface area contributed by atoms with Gasteiger partial charge in [-0.3, -0.25) is 4.90 Å². The summed E-state index contributed by atoms with van der Waals surface area (Å²) in [5.74, 6) is 0.725. The molecule has 0 bridgehead atoms. The van der Waals surface area contributed by atoms with Gasteiger partial charge in [0.15, 0.2) is 0 Å². The molecule has 1 fully saturated rings. The molecule has 1 atom stereocenters. The second kappa shape index (κ2) is 6.06. The molecule has 0 aromatic heterocycles. The largest absolute Gasteiger partial charge is 0.384 e. The first kappa shape index (κ1) is 14.5. The molecule has 2 rings (SSSR count). The monoisotopic (exact) mass is 261 g/mol. The van der Waals surface area contributed by atoms with Gasteiger partial charge in [-0.05, 0) is 44.2 Å². The van der Waals surface area contributed by atoms with Crippen molar-refractivity contribution >= 4 is 0 Å². The number of benzene rings is 1. The van der Waals surface area contributed by atoms with Crippen molar-refractivity contribution in [3.8, 4) is 0 Å². The van der Waals surface area contributed by atoms with Crippen LogP contribution in [0.3, 0.4) is 0 Å². The second-order valence-electron chi connectivity index (χ2n) is 6.52. The molecular weight excluding hydrogens is 234 g/mol. The maximum absolute atomic E-state index is 10.8. The first-order chi connectivity index (χ1) is 8.99. The highest BCUT2D eigenvalue weighted by molar-refractivity contribution is 5.22. The van der Waals surface area contributed by atoms with Crippen LogP contribution in [-0.2, 0) is 5.60 Å². The maximum Gasteiger partial charge on any atom is 0.0994 e. The summed E-state index contributed by atoms with van der Waals surface area (Å²) in [4.78, 5) is 2.48. The molecule has 0 aliphatic heterocycles. The van der Waals surface area contributed by atoms with Gasteiger partial charge in [0.05, 0.1) is 5.60 Å². The Morgan fingerprint density at radius 2 is 1.89 bits per heavy atom. The van der Waals surface area contributed by atoms with Crippen LogP contribution < -0.4 is 0 Å². The Morgan fingerprint density at radius 1 is 1.26 bits per heavy atom. The van der Waals surface area contributed by atoms with E-state index >= 15 is 0 Å². The summed E-state index contributed by atoms with van der Waals surface area (Å²) in [7, 11) is 0. The van der Waals surface area contributed by atoms with Crippen molar-refractivity contribution < 1.29 is 5.11 Å². The summed E-state index contributed by atoms with van der Waals surface area (Å²) in [6.45, 7) is 8.31. The van der Waals surface area contributed by atoms with Crippen LogP contribution >= 0.6 is 0 Å². The lowest BCUT2D eigenvalue weighted by molar-refractivity contribution is 0.0118. The molecular formula is C17H27NO. The van der Waals surface area contributed by atoms with Crippen molar-refractivity contribution in [1.82, 2.24) is 4.90 Å². The fraction of sp³-hybridized carbons (Fsp3) is 0.647. The van der Waals surface area contributed by atoms with Crippen LogP contribution in [0.15, 0.2) is 30.3 Å². The fourth-order valence-electron chi connectivity index (χ4n) is 2.54. The van der Waals surface area contributed by atoms with Crippen molar-refractivity contribution in [2.24, 2.45) is 5.92 Å². The maximum atomic E-state index is 10.8. The smallest absolute Gasteiger partial charge is 0.0994 e. The molecule has 0 radical (unpaired) electrons. The third kappa shape index (κ3) is 4.32. The Kier molecular flexibility index (Phi) is 4.64. The van der Waals surface area contributed by atoms with Crippen molar-refractivity contribution in [3.63, 3.8) is 0 Å². The molecule has 1 aromatic rings. The predicted molar refractivity (Wildman–Crippen MR) is 80.1 cm³/mol. The summed E-state index contributed by atoms with van der Waals surface area (Å²) in [6.07, 6.45) is 3.80. The normalized spacial score (nSPS) is 18.8. The topological polar surface area (TPSA) is 23.5 Å². The van der Waals surface area contributed by atoms with Gasteiger partial charge in [-0.2, -0.15) is 0 Å². The number of hydrogen-bond donors (Lipinski definition) is 1. The minimum Gasteiger partial charge on any atom is -0.384 e. The highest BCUT2D eigenvalue weighted by Gasteiger charge is 2.34. The van der Waals surface area contributed by atoms with Gasteiger partial charge < -0.3 is 5.11 Å². The summed E-state index contributed by atoms with van der Waals surface area (Å²) in [5.41, 5.74) is 0.270. The van der Waals surface area contributed by atoms with E-state index < -0.39 is 5.60 Å². The van der Waals surface area contributed by atoms with Crippen molar-refractivity contribution in [2.45, 2.75) is 51.7 Å². The van der Waals surface area contributed by atoms with Gasteiger partial charge >= 0.3 is 0 Å². The van der Waals surface area contributed by atoms with Gasteiger partial charge in [-0.1, -0.05) is 44.2 Å². The van der Waals surface area contributed by atoms with E-state index in [9.17, 15) is 5.11 Å². The van der Waals surface area contributed by atoms with Crippen molar-refractivity contribution in [2.75, 3.05) is 13.1 Å². The van der Waals surface area contributed by atoms with Crippen LogP contribution in [-0.4, -0.2) is 29.1 Å². The van der Waals surface area contributed by atoms with E-state index in [4.69, 9.17) is 0 Å². The fourth-order valence-corrected chi connectivity index (χ4v) is 2.54. The van der Waals surface area contributed by atoms with E-state index in [1.807, 2.05) is 37.3 Å². The molecule has 19 heavy (non-hydrogen) atoms. The summed E-state index contributed by atoms with van der Waals surface area (Å²) < 4.78 is 0. The molecule has 106 valence electrons. The van der Waals surface area contributed by atoms with Crippen molar-refractivity contribution in [3.05, 3.63) is 35.9 Å². The van der Waals surface area contributed by atoms with Gasteiger partial charge in [-0.25, -0.2) is 0 Å². The molecule has 0 spiro atoms. The number of hydrogen-bond acceptors (Lipinski definition) is 2. The Labute approximate surface area is 117 Å². The predicted octanol–water partition coefficient (Wildman–Crippen LogP) is 3.40. The standard InChI is InChI=1S/C17H27NO/c1-14(2)11-12-18(16-9-10-16)13-17(3,19)15-7-5-4-6-8-15/h4-8,14,16,19H,9-13H2,1-3H3. The molecule has 1 aliphatic carbocycles.